The van der Waals surface area contributed by atoms with Crippen LogP contribution in [0, 0.1) is 6.92 Å². The lowest BCUT2D eigenvalue weighted by atomic mass is 10.1. The van der Waals surface area contributed by atoms with E-state index in [1.54, 1.807) is 55.0 Å². The molecule has 0 spiro atoms. The molecule has 0 unspecified atom stereocenters. The second kappa shape index (κ2) is 10.0. The van der Waals surface area contributed by atoms with Gasteiger partial charge >= 0.3 is 0 Å². The van der Waals surface area contributed by atoms with Crippen LogP contribution in [-0.4, -0.2) is 62.7 Å². The molecule has 11 heteroatoms. The summed E-state index contributed by atoms with van der Waals surface area (Å²) in [6, 6.07) is 10.8. The summed E-state index contributed by atoms with van der Waals surface area (Å²) < 4.78 is 14.0. The van der Waals surface area contributed by atoms with Gasteiger partial charge in [-0.15, -0.1) is 0 Å². The second-order valence-electron chi connectivity index (χ2n) is 7.40. The molecule has 1 aromatic carbocycles. The van der Waals surface area contributed by atoms with Crippen LogP contribution in [0.4, 0.5) is 5.82 Å². The Labute approximate surface area is 196 Å². The first-order valence-electron chi connectivity index (χ1n) is 10.6. The van der Waals surface area contributed by atoms with E-state index in [1.165, 1.54) is 0 Å². The number of hydrogen-bond donors (Lipinski definition) is 2. The fourth-order valence-corrected chi connectivity index (χ4v) is 3.45. The summed E-state index contributed by atoms with van der Waals surface area (Å²) in [4.78, 5) is 21.5. The number of ether oxygens (including phenoxy) is 2. The maximum absolute atomic E-state index is 12.8. The lowest BCUT2D eigenvalue weighted by molar-refractivity contribution is 0.0945. The maximum atomic E-state index is 12.8. The number of aryl methyl sites for hydroxylation is 2. The monoisotopic (exact) mass is 462 g/mol. The van der Waals surface area contributed by atoms with Crippen molar-refractivity contribution in [2.75, 3.05) is 32.6 Å². The number of carbonyl (C=O) groups is 1. The molecule has 34 heavy (non-hydrogen) atoms. The van der Waals surface area contributed by atoms with E-state index >= 15 is 0 Å². The Hall–Kier alpha value is -4.41. The first-order valence-corrected chi connectivity index (χ1v) is 10.6. The molecule has 0 aliphatic carbocycles. The highest BCUT2D eigenvalue weighted by molar-refractivity contribution is 5.94. The molecule has 0 saturated heterocycles. The van der Waals surface area contributed by atoms with Gasteiger partial charge < -0.3 is 20.1 Å². The molecule has 0 bridgehead atoms. The van der Waals surface area contributed by atoms with Crippen LogP contribution in [0.3, 0.4) is 0 Å². The number of carbonyl (C=O) groups excluding carboxylic acids is 1. The zero-order valence-electron chi connectivity index (χ0n) is 19.4. The van der Waals surface area contributed by atoms with Crippen LogP contribution in [0.25, 0.3) is 17.1 Å². The van der Waals surface area contributed by atoms with E-state index in [0.29, 0.717) is 53.4 Å². The Morgan fingerprint density at radius 3 is 2.68 bits per heavy atom. The predicted molar refractivity (Wildman–Crippen MR) is 126 cm³/mol. The van der Waals surface area contributed by atoms with Crippen LogP contribution >= 0.6 is 0 Å². The minimum Gasteiger partial charge on any atom is -0.497 e. The standard InChI is InChI=1S/C23H26N8O3/c1-15-27-21(14-22(28-15)31-11-5-8-26-31)24-9-10-25-23(32)19-13-18(29-30(19)2)17-12-16(33-3)6-7-20(17)34-4/h5-8,11-14H,9-10H2,1-4H3,(H,25,32)(H,24,27,28). The number of rotatable bonds is 9. The molecule has 0 atom stereocenters. The van der Waals surface area contributed by atoms with Gasteiger partial charge in [0, 0.05) is 44.2 Å². The molecule has 0 fully saturated rings. The quantitative estimate of drug-likeness (QED) is 0.363. The smallest absolute Gasteiger partial charge is 0.269 e. The van der Waals surface area contributed by atoms with Crippen molar-refractivity contribution < 1.29 is 14.3 Å². The third kappa shape index (κ3) is 4.98. The van der Waals surface area contributed by atoms with Gasteiger partial charge in [0.05, 0.1) is 19.9 Å². The van der Waals surface area contributed by atoms with Gasteiger partial charge in [-0.3, -0.25) is 9.48 Å². The van der Waals surface area contributed by atoms with Gasteiger partial charge in [0.25, 0.3) is 5.91 Å². The third-order valence-corrected chi connectivity index (χ3v) is 5.08. The Morgan fingerprint density at radius 1 is 1.09 bits per heavy atom. The molecular formula is C23H26N8O3. The molecule has 0 saturated carbocycles. The molecule has 1 amide bonds. The molecule has 11 nitrogen and oxygen atoms in total. The van der Waals surface area contributed by atoms with Crippen molar-refractivity contribution in [1.82, 2.24) is 34.8 Å². The Balaban J connectivity index is 1.39. The van der Waals surface area contributed by atoms with E-state index in [2.05, 4.69) is 30.8 Å². The van der Waals surface area contributed by atoms with E-state index in [-0.39, 0.29) is 5.91 Å². The molecule has 176 valence electrons. The average Bonchev–Trinajstić information content (AvgIpc) is 3.51. The van der Waals surface area contributed by atoms with Crippen LogP contribution in [0.2, 0.25) is 0 Å². The second-order valence-corrected chi connectivity index (χ2v) is 7.40. The van der Waals surface area contributed by atoms with Crippen LogP contribution in [0.5, 0.6) is 11.5 Å². The highest BCUT2D eigenvalue weighted by atomic mass is 16.5. The minimum absolute atomic E-state index is 0.235. The number of methoxy groups -OCH3 is 2. The van der Waals surface area contributed by atoms with Crippen molar-refractivity contribution in [3.05, 3.63) is 60.3 Å². The van der Waals surface area contributed by atoms with E-state index in [4.69, 9.17) is 9.47 Å². The number of benzene rings is 1. The van der Waals surface area contributed by atoms with Crippen LogP contribution in [0.15, 0.2) is 48.8 Å². The zero-order valence-corrected chi connectivity index (χ0v) is 19.4. The molecule has 4 rings (SSSR count). The molecular weight excluding hydrogens is 436 g/mol. The summed E-state index contributed by atoms with van der Waals surface area (Å²) in [7, 11) is 4.91. The number of nitrogens with zero attached hydrogens (tertiary/aromatic N) is 6. The van der Waals surface area contributed by atoms with Crippen molar-refractivity contribution in [1.29, 1.82) is 0 Å². The van der Waals surface area contributed by atoms with Gasteiger partial charge in [-0.05, 0) is 37.3 Å². The first-order chi connectivity index (χ1) is 16.5. The van der Waals surface area contributed by atoms with Gasteiger partial charge in [0.2, 0.25) is 0 Å². The Morgan fingerprint density at radius 2 is 1.94 bits per heavy atom. The molecule has 0 radical (unpaired) electrons. The number of anilines is 1. The van der Waals surface area contributed by atoms with Crippen molar-refractivity contribution in [2.24, 2.45) is 7.05 Å². The molecule has 3 aromatic heterocycles. The topological polar surface area (TPSA) is 121 Å². The molecule has 2 N–H and O–H groups in total. The largest absolute Gasteiger partial charge is 0.497 e. The molecule has 0 aliphatic heterocycles. The summed E-state index contributed by atoms with van der Waals surface area (Å²) in [6.45, 7) is 2.69. The molecule has 3 heterocycles. The first kappa shape index (κ1) is 22.8. The maximum Gasteiger partial charge on any atom is 0.269 e. The van der Waals surface area contributed by atoms with Crippen molar-refractivity contribution in [3.63, 3.8) is 0 Å². The average molecular weight is 463 g/mol. The Bertz CT molecular complexity index is 1280. The fourth-order valence-electron chi connectivity index (χ4n) is 3.45. The Kier molecular flexibility index (Phi) is 6.72. The van der Waals surface area contributed by atoms with Crippen LogP contribution in [-0.2, 0) is 7.05 Å². The number of nitrogens with one attached hydrogen (secondary N) is 2. The number of hydrogen-bond acceptors (Lipinski definition) is 8. The van der Waals surface area contributed by atoms with Crippen LogP contribution in [0.1, 0.15) is 16.3 Å². The van der Waals surface area contributed by atoms with Gasteiger partial charge in [-0.1, -0.05) is 0 Å². The molecule has 4 aromatic rings. The predicted octanol–water partition coefficient (Wildman–Crippen LogP) is 2.23. The van der Waals surface area contributed by atoms with Crippen LogP contribution < -0.4 is 20.1 Å². The van der Waals surface area contributed by atoms with Crippen molar-refractivity contribution in [3.8, 4) is 28.6 Å². The number of aromatic nitrogens is 6. The lowest BCUT2D eigenvalue weighted by Crippen LogP contribution is -2.30. The van der Waals surface area contributed by atoms with Gasteiger partial charge in [-0.2, -0.15) is 10.2 Å². The minimum atomic E-state index is -0.235. The third-order valence-electron chi connectivity index (χ3n) is 5.08. The van der Waals surface area contributed by atoms with E-state index in [0.717, 1.165) is 5.56 Å². The lowest BCUT2D eigenvalue weighted by Gasteiger charge is -2.09. The van der Waals surface area contributed by atoms with E-state index in [9.17, 15) is 4.79 Å². The summed E-state index contributed by atoms with van der Waals surface area (Å²) in [5.41, 5.74) is 1.79. The highest BCUT2D eigenvalue weighted by Crippen LogP contribution is 2.32. The van der Waals surface area contributed by atoms with E-state index in [1.807, 2.05) is 31.3 Å². The zero-order chi connectivity index (χ0) is 24.1. The van der Waals surface area contributed by atoms with Gasteiger partial charge in [0.15, 0.2) is 5.82 Å². The van der Waals surface area contributed by atoms with E-state index < -0.39 is 0 Å². The summed E-state index contributed by atoms with van der Waals surface area (Å²) in [5.74, 6) is 3.02. The normalized spacial score (nSPS) is 10.7. The van der Waals surface area contributed by atoms with Gasteiger partial charge in [0.1, 0.15) is 28.8 Å². The summed E-state index contributed by atoms with van der Waals surface area (Å²) in [6.07, 6.45) is 3.50. The summed E-state index contributed by atoms with van der Waals surface area (Å²) >= 11 is 0. The number of amides is 1. The fraction of sp³-hybridized carbons (Fsp3) is 0.261. The SMILES string of the molecule is COc1ccc(OC)c(-c2cc(C(=O)NCCNc3cc(-n4cccn4)nc(C)n3)n(C)n2)c1. The van der Waals surface area contributed by atoms with Crippen molar-refractivity contribution in [2.45, 2.75) is 6.92 Å². The summed E-state index contributed by atoms with van der Waals surface area (Å²) in [5, 5.41) is 14.8. The molecule has 0 aliphatic rings. The van der Waals surface area contributed by atoms with Crippen molar-refractivity contribution >= 4 is 11.7 Å². The van der Waals surface area contributed by atoms with Gasteiger partial charge in [-0.25, -0.2) is 14.6 Å². The highest BCUT2D eigenvalue weighted by Gasteiger charge is 2.17.